The number of nitrogens with one attached hydrogen (secondary N) is 1. The molecule has 17 heteroatoms. The van der Waals surface area contributed by atoms with E-state index >= 15 is 9.59 Å². The first-order valence-corrected chi connectivity index (χ1v) is 23.5. The monoisotopic (exact) mass is 966 g/mol. The maximum atomic E-state index is 15.7. The van der Waals surface area contributed by atoms with Crippen molar-refractivity contribution in [3.05, 3.63) is 119 Å². The lowest BCUT2D eigenvalue weighted by Gasteiger charge is -2.67. The fourth-order valence-electron chi connectivity index (χ4n) is 11.1. The number of rotatable bonds is 15. The molecule has 1 saturated heterocycles. The average molecular weight is 967 g/mol. The van der Waals surface area contributed by atoms with Gasteiger partial charge in [0.15, 0.2) is 17.5 Å². The summed E-state index contributed by atoms with van der Waals surface area (Å²) in [7, 11) is 1.70. The number of aliphatic hydroxyl groups is 2. The van der Waals surface area contributed by atoms with Gasteiger partial charge in [0, 0.05) is 37.7 Å². The molecular weight excluding hydrogens is 905 g/mol. The standard InChI is InChI=1S/C53H62N2O15/c1-9-25-55(8)28-39(59)68-43(41(33-19-13-10-14-20-33)54-47(61)34-21-15-11-16-22-34)49(63)67-36-27-53(64)46(69-48(62)35-23-17-12-18-24-35)44-51(7,37(58)26-38-52(44,29-65-38)70-32(4)57)45(60)42(66-31(3)56)40(30(36)2)50(53,5)6/h10-24,36-38,41-44,46,58,64H,9,25-29H2,1-8H3,(H,54,61)/t36-,37-,38+,41-,42+,43+,44-,46-,51+,52-,53+/m0/s1. The summed E-state index contributed by atoms with van der Waals surface area (Å²) in [6, 6.07) is 23.0. The summed E-state index contributed by atoms with van der Waals surface area (Å²) in [5, 5.41) is 29.0. The number of amides is 1. The first-order valence-electron chi connectivity index (χ1n) is 23.5. The third-order valence-corrected chi connectivity index (χ3v) is 14.7. The molecule has 11 atom stereocenters. The number of carbonyl (C=O) groups is 7. The second kappa shape index (κ2) is 20.2. The predicted molar refractivity (Wildman–Crippen MR) is 249 cm³/mol. The van der Waals surface area contributed by atoms with Crippen LogP contribution in [0.3, 0.4) is 0 Å². The summed E-state index contributed by atoms with van der Waals surface area (Å²) in [5.74, 6) is -7.71. The van der Waals surface area contributed by atoms with Gasteiger partial charge < -0.3 is 44.0 Å². The van der Waals surface area contributed by atoms with Crippen LogP contribution in [-0.2, 0) is 52.4 Å². The molecule has 2 saturated carbocycles. The van der Waals surface area contributed by atoms with Crippen molar-refractivity contribution in [2.45, 2.75) is 122 Å². The number of ketones is 1. The molecule has 1 heterocycles. The van der Waals surface area contributed by atoms with Crippen molar-refractivity contribution in [1.82, 2.24) is 10.2 Å². The van der Waals surface area contributed by atoms with Crippen molar-refractivity contribution in [2.24, 2.45) is 16.7 Å². The molecule has 17 nitrogen and oxygen atoms in total. The predicted octanol–water partition coefficient (Wildman–Crippen LogP) is 4.63. The van der Waals surface area contributed by atoms with E-state index in [1.165, 1.54) is 26.0 Å². The zero-order valence-corrected chi connectivity index (χ0v) is 40.7. The summed E-state index contributed by atoms with van der Waals surface area (Å²) >= 11 is 0. The van der Waals surface area contributed by atoms with Crippen LogP contribution < -0.4 is 5.32 Å². The van der Waals surface area contributed by atoms with Crippen LogP contribution in [0.25, 0.3) is 0 Å². The van der Waals surface area contributed by atoms with Gasteiger partial charge in [0.25, 0.3) is 5.91 Å². The Labute approximate surface area is 406 Å². The van der Waals surface area contributed by atoms with Crippen molar-refractivity contribution in [2.75, 3.05) is 26.7 Å². The molecule has 0 unspecified atom stereocenters. The Morgan fingerprint density at radius 3 is 2.01 bits per heavy atom. The Balaban J connectivity index is 1.42. The molecule has 0 radical (unpaired) electrons. The molecule has 4 aliphatic rings. The van der Waals surface area contributed by atoms with Gasteiger partial charge in [0.2, 0.25) is 6.10 Å². The van der Waals surface area contributed by atoms with Gasteiger partial charge in [-0.2, -0.15) is 0 Å². The second-order valence-electron chi connectivity index (χ2n) is 19.6. The fourth-order valence-corrected chi connectivity index (χ4v) is 11.1. The van der Waals surface area contributed by atoms with Crippen LogP contribution in [0.1, 0.15) is 100 Å². The number of esters is 5. The van der Waals surface area contributed by atoms with Gasteiger partial charge in [-0.05, 0) is 74.8 Å². The molecule has 0 spiro atoms. The lowest BCUT2D eigenvalue weighted by atomic mass is 9.44. The minimum atomic E-state index is -2.44. The number of benzene rings is 3. The smallest absolute Gasteiger partial charge is 0.350 e. The Kier molecular flexibility index (Phi) is 14.9. The van der Waals surface area contributed by atoms with Gasteiger partial charge >= 0.3 is 29.8 Å². The molecular formula is C53H62N2O15. The molecule has 1 aliphatic heterocycles. The number of likely N-dealkylation sites (N-methyl/N-ethyl adjacent to an activating group) is 1. The quantitative estimate of drug-likeness (QED) is 0.107. The van der Waals surface area contributed by atoms with E-state index in [0.29, 0.717) is 18.5 Å². The third kappa shape index (κ3) is 9.39. The third-order valence-electron chi connectivity index (χ3n) is 14.7. The second-order valence-corrected chi connectivity index (χ2v) is 19.6. The van der Waals surface area contributed by atoms with Gasteiger partial charge in [0.1, 0.15) is 30.0 Å². The number of hydrogen-bond acceptors (Lipinski definition) is 16. The first-order chi connectivity index (χ1) is 33.1. The topological polar surface area (TPSA) is 231 Å². The van der Waals surface area contributed by atoms with Gasteiger partial charge in [-0.15, -0.1) is 0 Å². The summed E-state index contributed by atoms with van der Waals surface area (Å²) in [6.45, 7) is 10.2. The van der Waals surface area contributed by atoms with Crippen LogP contribution in [0.5, 0.6) is 0 Å². The van der Waals surface area contributed by atoms with Gasteiger partial charge in [-0.1, -0.05) is 87.5 Å². The molecule has 7 rings (SSSR count). The van der Waals surface area contributed by atoms with E-state index in [1.807, 2.05) is 6.92 Å². The molecule has 0 aromatic heterocycles. The zero-order chi connectivity index (χ0) is 50.9. The van der Waals surface area contributed by atoms with E-state index in [9.17, 15) is 34.2 Å². The van der Waals surface area contributed by atoms with Crippen LogP contribution in [0.4, 0.5) is 0 Å². The molecule has 3 fully saturated rings. The minimum absolute atomic E-state index is 0.0212. The molecule has 3 N–H and O–H groups in total. The lowest BCUT2D eigenvalue weighted by molar-refractivity contribution is -0.346. The lowest BCUT2D eigenvalue weighted by Crippen LogP contribution is -2.82. The van der Waals surface area contributed by atoms with Gasteiger partial charge in [-0.25, -0.2) is 9.59 Å². The van der Waals surface area contributed by atoms with E-state index in [-0.39, 0.29) is 41.8 Å². The van der Waals surface area contributed by atoms with Crippen molar-refractivity contribution < 1.29 is 72.2 Å². The van der Waals surface area contributed by atoms with E-state index in [0.717, 1.165) is 13.8 Å². The number of nitrogens with zero attached hydrogens (tertiary/aromatic N) is 1. The maximum absolute atomic E-state index is 15.7. The summed E-state index contributed by atoms with van der Waals surface area (Å²) in [6.07, 6.45) is -9.89. The number of carbonyl (C=O) groups excluding carboxylic acids is 7. The van der Waals surface area contributed by atoms with Gasteiger partial charge in [0.05, 0.1) is 36.2 Å². The Bertz CT molecular complexity index is 2520. The molecule has 1 amide bonds. The highest BCUT2D eigenvalue weighted by Crippen LogP contribution is 2.64. The summed E-state index contributed by atoms with van der Waals surface area (Å²) in [4.78, 5) is 101. The highest BCUT2D eigenvalue weighted by molar-refractivity contribution is 5.96. The van der Waals surface area contributed by atoms with Crippen molar-refractivity contribution in [3.63, 3.8) is 0 Å². The van der Waals surface area contributed by atoms with Crippen LogP contribution in [-0.4, -0.2) is 131 Å². The van der Waals surface area contributed by atoms with Gasteiger partial charge in [-0.3, -0.25) is 28.9 Å². The fraction of sp³-hybridized carbons (Fsp3) is 0.491. The minimum Gasteiger partial charge on any atom is -0.455 e. The van der Waals surface area contributed by atoms with Crippen LogP contribution in [0, 0.1) is 16.7 Å². The van der Waals surface area contributed by atoms with E-state index < -0.39 is 119 Å². The highest BCUT2D eigenvalue weighted by atomic mass is 16.6. The molecule has 3 aromatic carbocycles. The van der Waals surface area contributed by atoms with Crippen molar-refractivity contribution >= 4 is 41.5 Å². The first kappa shape index (κ1) is 51.6. The Morgan fingerprint density at radius 2 is 1.46 bits per heavy atom. The van der Waals surface area contributed by atoms with Crippen LogP contribution >= 0.6 is 0 Å². The van der Waals surface area contributed by atoms with Crippen LogP contribution in [0.2, 0.25) is 0 Å². The highest BCUT2D eigenvalue weighted by Gasteiger charge is 2.78. The molecule has 70 heavy (non-hydrogen) atoms. The van der Waals surface area contributed by atoms with Crippen molar-refractivity contribution in [3.8, 4) is 0 Å². The number of ether oxygens (including phenoxy) is 6. The molecule has 2 bridgehead atoms. The summed E-state index contributed by atoms with van der Waals surface area (Å²) < 4.78 is 36.9. The van der Waals surface area contributed by atoms with E-state index in [4.69, 9.17) is 28.4 Å². The molecule has 3 aliphatic carbocycles. The number of fused-ring (bicyclic) bond motifs is 5. The van der Waals surface area contributed by atoms with Crippen molar-refractivity contribution in [1.29, 1.82) is 0 Å². The average Bonchev–Trinajstić information content (AvgIpc) is 3.31. The SMILES string of the molecule is CCCN(C)CC(=O)O[C@@H](C(=O)O[C@H]1C[C@@]2(O)[C@@H](OC(=O)c3ccccc3)[C@@H]3[C@]4(OC(C)=O)CO[C@@H]4C[C@H](O)[C@@]3(C)C(=O)[C@H](OC(C)=O)C(=C1C)C2(C)C)[C@@H](NC(=O)c1ccccc1)c1ccccc1. The Hall–Kier alpha value is -6.27. The maximum Gasteiger partial charge on any atom is 0.350 e. The van der Waals surface area contributed by atoms with E-state index in [2.05, 4.69) is 5.32 Å². The zero-order valence-electron chi connectivity index (χ0n) is 40.7. The number of hydrogen-bond donors (Lipinski definition) is 3. The molecule has 3 aromatic rings. The van der Waals surface area contributed by atoms with Crippen LogP contribution in [0.15, 0.2) is 102 Å². The number of Topliss-reactive ketones (excluding diaryl/α,β-unsaturated/α-hetero) is 1. The number of aliphatic hydroxyl groups excluding tert-OH is 1. The van der Waals surface area contributed by atoms with E-state index in [1.54, 1.807) is 105 Å². The molecule has 374 valence electrons. The Morgan fingerprint density at radius 1 is 0.857 bits per heavy atom. The normalized spacial score (nSPS) is 29.6. The summed E-state index contributed by atoms with van der Waals surface area (Å²) in [5.41, 5.74) is -7.25. The largest absolute Gasteiger partial charge is 0.455 e.